The van der Waals surface area contributed by atoms with E-state index in [1.807, 2.05) is 17.5 Å². The van der Waals surface area contributed by atoms with Crippen molar-refractivity contribution in [2.75, 3.05) is 0 Å². The van der Waals surface area contributed by atoms with E-state index in [0.717, 1.165) is 33.3 Å². The molecular weight excluding hydrogens is 254 g/mol. The third kappa shape index (κ3) is 2.92. The molecule has 90 valence electrons. The Kier molecular flexibility index (Phi) is 3.91. The van der Waals surface area contributed by atoms with Crippen LogP contribution in [0.4, 0.5) is 0 Å². The number of thiazole rings is 1. The van der Waals surface area contributed by atoms with E-state index in [-0.39, 0.29) is 6.42 Å². The Bertz CT molecular complexity index is 503. The molecule has 0 spiro atoms. The van der Waals surface area contributed by atoms with Crippen LogP contribution in [0, 0.1) is 0 Å². The molecule has 0 saturated carbocycles. The molecule has 0 atom stereocenters. The molecule has 0 aliphatic carbocycles. The van der Waals surface area contributed by atoms with E-state index < -0.39 is 5.97 Å². The lowest BCUT2D eigenvalue weighted by Gasteiger charge is -1.95. The van der Waals surface area contributed by atoms with Crippen molar-refractivity contribution in [1.82, 2.24) is 4.98 Å². The summed E-state index contributed by atoms with van der Waals surface area (Å²) in [5.41, 5.74) is 0.857. The fourth-order valence-electron chi connectivity index (χ4n) is 1.58. The maximum atomic E-state index is 10.8. The van der Waals surface area contributed by atoms with E-state index in [0.29, 0.717) is 0 Å². The van der Waals surface area contributed by atoms with Crippen molar-refractivity contribution in [3.63, 3.8) is 0 Å². The molecule has 0 aliphatic rings. The van der Waals surface area contributed by atoms with Crippen molar-refractivity contribution in [3.8, 4) is 10.6 Å². The van der Waals surface area contributed by atoms with Crippen molar-refractivity contribution in [2.45, 2.75) is 26.2 Å². The highest BCUT2D eigenvalue weighted by atomic mass is 32.1. The molecule has 0 fully saturated rings. The van der Waals surface area contributed by atoms with Crippen LogP contribution in [0.1, 0.15) is 23.2 Å². The minimum atomic E-state index is -0.797. The molecule has 2 heterocycles. The van der Waals surface area contributed by atoms with Gasteiger partial charge in [0, 0.05) is 4.88 Å². The molecule has 2 rings (SSSR count). The van der Waals surface area contributed by atoms with E-state index in [4.69, 9.17) is 5.11 Å². The Labute approximate surface area is 108 Å². The van der Waals surface area contributed by atoms with Crippen LogP contribution in [0.25, 0.3) is 10.6 Å². The first-order valence-corrected chi connectivity index (χ1v) is 7.14. The summed E-state index contributed by atoms with van der Waals surface area (Å²) in [6.07, 6.45) is 2.02. The molecule has 2 aromatic rings. The van der Waals surface area contributed by atoms with Gasteiger partial charge in [-0.05, 0) is 24.3 Å². The number of aromatic nitrogens is 1. The molecule has 17 heavy (non-hydrogen) atoms. The van der Waals surface area contributed by atoms with Gasteiger partial charge < -0.3 is 5.11 Å². The minimum Gasteiger partial charge on any atom is -0.481 e. The van der Waals surface area contributed by atoms with Gasteiger partial charge in [0.05, 0.1) is 22.0 Å². The monoisotopic (exact) mass is 267 g/mol. The highest BCUT2D eigenvalue weighted by molar-refractivity contribution is 7.15. The molecule has 2 aromatic heterocycles. The first-order valence-electron chi connectivity index (χ1n) is 5.45. The zero-order valence-corrected chi connectivity index (χ0v) is 11.1. The summed E-state index contributed by atoms with van der Waals surface area (Å²) in [7, 11) is 0. The lowest BCUT2D eigenvalue weighted by atomic mass is 10.2. The maximum Gasteiger partial charge on any atom is 0.308 e. The highest BCUT2D eigenvalue weighted by Gasteiger charge is 2.15. The normalized spacial score (nSPS) is 10.6. The predicted molar refractivity (Wildman–Crippen MR) is 70.8 cm³/mol. The summed E-state index contributed by atoms with van der Waals surface area (Å²) in [5, 5.41) is 11.9. The van der Waals surface area contributed by atoms with Crippen molar-refractivity contribution in [2.24, 2.45) is 0 Å². The molecular formula is C12H13NO2S2. The fraction of sp³-hybridized carbons (Fsp3) is 0.333. The van der Waals surface area contributed by atoms with Crippen LogP contribution in [0.2, 0.25) is 0 Å². The first kappa shape index (κ1) is 12.3. The highest BCUT2D eigenvalue weighted by Crippen LogP contribution is 2.32. The van der Waals surface area contributed by atoms with Crippen LogP contribution < -0.4 is 0 Å². The molecule has 0 bridgehead atoms. The molecule has 0 amide bonds. The van der Waals surface area contributed by atoms with Crippen LogP contribution >= 0.6 is 22.7 Å². The number of carboxylic acids is 1. The van der Waals surface area contributed by atoms with Crippen LogP contribution in [0.3, 0.4) is 0 Å². The van der Waals surface area contributed by atoms with Crippen LogP contribution in [0.15, 0.2) is 17.5 Å². The zero-order valence-electron chi connectivity index (χ0n) is 9.47. The number of rotatable bonds is 5. The van der Waals surface area contributed by atoms with E-state index in [9.17, 15) is 4.79 Å². The maximum absolute atomic E-state index is 10.8. The lowest BCUT2D eigenvalue weighted by molar-refractivity contribution is -0.136. The predicted octanol–water partition coefficient (Wildman–Crippen LogP) is 3.45. The van der Waals surface area contributed by atoms with Gasteiger partial charge in [0.1, 0.15) is 0 Å². The molecule has 0 saturated heterocycles. The number of nitrogens with zero attached hydrogens (tertiary/aromatic N) is 1. The second kappa shape index (κ2) is 5.42. The van der Waals surface area contributed by atoms with E-state index in [1.54, 1.807) is 11.3 Å². The molecule has 5 heteroatoms. The lowest BCUT2D eigenvalue weighted by Crippen LogP contribution is -1.98. The summed E-state index contributed by atoms with van der Waals surface area (Å²) in [4.78, 5) is 17.3. The number of hydrogen-bond donors (Lipinski definition) is 1. The topological polar surface area (TPSA) is 50.2 Å². The van der Waals surface area contributed by atoms with Crippen LogP contribution in [-0.4, -0.2) is 16.1 Å². The number of carboxylic acid groups (broad SMARTS) is 1. The zero-order chi connectivity index (χ0) is 12.3. The van der Waals surface area contributed by atoms with Crippen LogP contribution in [0.5, 0.6) is 0 Å². The quantitative estimate of drug-likeness (QED) is 0.902. The van der Waals surface area contributed by atoms with E-state index >= 15 is 0 Å². The van der Waals surface area contributed by atoms with Crippen LogP contribution in [-0.2, 0) is 17.6 Å². The Balaban J connectivity index is 2.37. The van der Waals surface area contributed by atoms with Crippen molar-refractivity contribution in [1.29, 1.82) is 0 Å². The van der Waals surface area contributed by atoms with Gasteiger partial charge in [-0.2, -0.15) is 0 Å². The Morgan fingerprint density at radius 1 is 1.53 bits per heavy atom. The average Bonchev–Trinajstić information content (AvgIpc) is 2.86. The SMILES string of the molecule is CCCc1nc(-c2cccs2)c(CC(=O)O)s1. The number of thiophene rings is 1. The second-order valence-electron chi connectivity index (χ2n) is 3.68. The third-order valence-corrected chi connectivity index (χ3v) is 4.26. The Hall–Kier alpha value is -1.20. The van der Waals surface area contributed by atoms with E-state index in [1.165, 1.54) is 11.3 Å². The summed E-state index contributed by atoms with van der Waals surface area (Å²) < 4.78 is 0. The van der Waals surface area contributed by atoms with Gasteiger partial charge in [0.2, 0.25) is 0 Å². The molecule has 1 N–H and O–H groups in total. The van der Waals surface area contributed by atoms with Crippen molar-refractivity contribution < 1.29 is 9.90 Å². The van der Waals surface area contributed by atoms with E-state index in [2.05, 4.69) is 11.9 Å². The Morgan fingerprint density at radius 2 is 2.35 bits per heavy atom. The number of carbonyl (C=O) groups is 1. The van der Waals surface area contributed by atoms with Gasteiger partial charge in [-0.15, -0.1) is 22.7 Å². The third-order valence-electron chi connectivity index (χ3n) is 2.27. The number of aliphatic carboxylic acids is 1. The summed E-state index contributed by atoms with van der Waals surface area (Å²) in [6.45, 7) is 2.10. The second-order valence-corrected chi connectivity index (χ2v) is 5.79. The molecule has 0 radical (unpaired) electrons. The fourth-order valence-corrected chi connectivity index (χ4v) is 3.57. The summed E-state index contributed by atoms with van der Waals surface area (Å²) in [6, 6.07) is 3.95. The molecule has 0 aliphatic heterocycles. The minimum absolute atomic E-state index is 0.0641. The van der Waals surface area contributed by atoms with Crippen molar-refractivity contribution in [3.05, 3.63) is 27.4 Å². The number of hydrogen-bond acceptors (Lipinski definition) is 4. The smallest absolute Gasteiger partial charge is 0.308 e. The largest absolute Gasteiger partial charge is 0.481 e. The van der Waals surface area contributed by atoms with Gasteiger partial charge in [-0.3, -0.25) is 4.79 Å². The van der Waals surface area contributed by atoms with Gasteiger partial charge in [-0.25, -0.2) is 4.98 Å². The standard InChI is InChI=1S/C12H13NO2S2/c1-2-4-10-13-12(8-5-3-6-16-8)9(17-10)7-11(14)15/h3,5-6H,2,4,7H2,1H3,(H,14,15). The summed E-state index contributed by atoms with van der Waals surface area (Å²) >= 11 is 3.13. The molecule has 0 aromatic carbocycles. The van der Waals surface area contributed by atoms with Gasteiger partial charge in [0.15, 0.2) is 0 Å². The van der Waals surface area contributed by atoms with Gasteiger partial charge in [0.25, 0.3) is 0 Å². The Morgan fingerprint density at radius 3 is 2.94 bits per heavy atom. The van der Waals surface area contributed by atoms with Crippen molar-refractivity contribution >= 4 is 28.6 Å². The number of aryl methyl sites for hydroxylation is 1. The average molecular weight is 267 g/mol. The molecule has 0 unspecified atom stereocenters. The van der Waals surface area contributed by atoms with Gasteiger partial charge >= 0.3 is 5.97 Å². The summed E-state index contributed by atoms with van der Waals surface area (Å²) in [5.74, 6) is -0.797. The molecule has 3 nitrogen and oxygen atoms in total. The van der Waals surface area contributed by atoms with Gasteiger partial charge in [-0.1, -0.05) is 13.0 Å². The first-order chi connectivity index (χ1) is 8.20.